The van der Waals surface area contributed by atoms with Gasteiger partial charge in [0.15, 0.2) is 11.7 Å². The number of nitrogens with zero attached hydrogens (tertiary/aromatic N) is 2. The van der Waals surface area contributed by atoms with Crippen LogP contribution in [0.5, 0.6) is 5.75 Å². The Balaban J connectivity index is 1.49. The predicted octanol–water partition coefficient (Wildman–Crippen LogP) is 4.10. The Labute approximate surface area is 183 Å². The highest BCUT2D eigenvalue weighted by Crippen LogP contribution is 2.15. The number of carbonyl (C=O) groups is 1. The number of anilines is 1. The summed E-state index contributed by atoms with van der Waals surface area (Å²) in [5.41, 5.74) is 6.66. The Morgan fingerprint density at radius 2 is 1.80 bits per heavy atom. The number of thiocarbonyl (C=S) groups is 1. The maximum atomic E-state index is 12.2. The second-order valence-corrected chi connectivity index (χ2v) is 7.74. The first-order chi connectivity index (χ1) is 14.5. The van der Waals surface area contributed by atoms with Gasteiger partial charge in [0.25, 0.3) is 5.91 Å². The molecule has 6 nitrogen and oxygen atoms in total. The molecule has 3 rings (SSSR count). The molecular weight excluding hydrogens is 396 g/mol. The molecule has 0 saturated carbocycles. The molecule has 0 unspecified atom stereocenters. The number of hydrogen-bond acceptors (Lipinski definition) is 4. The lowest BCUT2D eigenvalue weighted by molar-refractivity contribution is -0.134. The van der Waals surface area contributed by atoms with Crippen LogP contribution in [0.15, 0.2) is 53.6 Å². The first-order valence-corrected chi connectivity index (χ1v) is 10.6. The molecule has 0 radical (unpaired) electrons. The van der Waals surface area contributed by atoms with E-state index in [0.29, 0.717) is 10.9 Å². The summed E-state index contributed by atoms with van der Waals surface area (Å²) in [6, 6.07) is 15.5. The summed E-state index contributed by atoms with van der Waals surface area (Å²) in [7, 11) is 0. The molecule has 1 saturated heterocycles. The molecule has 1 aliphatic rings. The second kappa shape index (κ2) is 10.7. The molecule has 1 aliphatic heterocycles. The maximum absolute atomic E-state index is 12.2. The SMILES string of the molecule is C/C(=N/NC(=S)Nc1ccccc1C)c1ccc(OCC(=O)N2CCCCC2)cc1. The third kappa shape index (κ3) is 6.29. The normalized spacial score (nSPS) is 14.2. The number of nitrogens with one attached hydrogen (secondary N) is 2. The van der Waals surface area contributed by atoms with Crippen LogP contribution in [-0.2, 0) is 4.79 Å². The second-order valence-electron chi connectivity index (χ2n) is 7.33. The van der Waals surface area contributed by atoms with Gasteiger partial charge >= 0.3 is 0 Å². The van der Waals surface area contributed by atoms with E-state index < -0.39 is 0 Å². The van der Waals surface area contributed by atoms with Gasteiger partial charge in [0.2, 0.25) is 0 Å². The van der Waals surface area contributed by atoms with E-state index >= 15 is 0 Å². The number of aryl methyl sites for hydroxylation is 1. The third-order valence-electron chi connectivity index (χ3n) is 5.06. The van der Waals surface area contributed by atoms with Crippen LogP contribution in [0.2, 0.25) is 0 Å². The van der Waals surface area contributed by atoms with Crippen LogP contribution in [0.1, 0.15) is 37.3 Å². The minimum atomic E-state index is 0.0513. The van der Waals surface area contributed by atoms with Crippen LogP contribution >= 0.6 is 12.2 Å². The summed E-state index contributed by atoms with van der Waals surface area (Å²) in [6.45, 7) is 5.67. The average molecular weight is 425 g/mol. The van der Waals surface area contributed by atoms with E-state index in [1.807, 2.05) is 67.3 Å². The predicted molar refractivity (Wildman–Crippen MR) is 125 cm³/mol. The number of amides is 1. The molecule has 1 heterocycles. The summed E-state index contributed by atoms with van der Waals surface area (Å²) in [6.07, 6.45) is 3.36. The molecule has 1 amide bonds. The van der Waals surface area contributed by atoms with Crippen molar-refractivity contribution in [3.63, 3.8) is 0 Å². The van der Waals surface area contributed by atoms with Crippen LogP contribution < -0.4 is 15.5 Å². The fourth-order valence-corrected chi connectivity index (χ4v) is 3.39. The van der Waals surface area contributed by atoms with Gasteiger partial charge in [0.1, 0.15) is 5.75 Å². The van der Waals surface area contributed by atoms with Crippen molar-refractivity contribution < 1.29 is 9.53 Å². The van der Waals surface area contributed by atoms with Gasteiger partial charge in [-0.05, 0) is 86.8 Å². The zero-order chi connectivity index (χ0) is 21.3. The molecule has 2 aromatic carbocycles. The Kier molecular flexibility index (Phi) is 7.79. The molecule has 7 heteroatoms. The van der Waals surface area contributed by atoms with Crippen molar-refractivity contribution >= 4 is 34.6 Å². The van der Waals surface area contributed by atoms with E-state index in [1.165, 1.54) is 6.42 Å². The summed E-state index contributed by atoms with van der Waals surface area (Å²) in [4.78, 5) is 14.1. The average Bonchev–Trinajstić information content (AvgIpc) is 2.78. The van der Waals surface area contributed by atoms with E-state index in [-0.39, 0.29) is 12.5 Å². The van der Waals surface area contributed by atoms with Crippen LogP contribution in [0.4, 0.5) is 5.69 Å². The third-order valence-corrected chi connectivity index (χ3v) is 5.25. The molecule has 0 aliphatic carbocycles. The number of para-hydroxylation sites is 1. The van der Waals surface area contributed by atoms with Gasteiger partial charge in [-0.15, -0.1) is 0 Å². The van der Waals surface area contributed by atoms with E-state index in [4.69, 9.17) is 17.0 Å². The topological polar surface area (TPSA) is 66.0 Å². The lowest BCUT2D eigenvalue weighted by Crippen LogP contribution is -2.38. The number of rotatable bonds is 6. The van der Waals surface area contributed by atoms with E-state index in [0.717, 1.165) is 48.5 Å². The number of piperidine rings is 1. The van der Waals surface area contributed by atoms with Gasteiger partial charge in [0, 0.05) is 18.8 Å². The molecule has 0 aromatic heterocycles. The van der Waals surface area contributed by atoms with Gasteiger partial charge in [-0.25, -0.2) is 0 Å². The van der Waals surface area contributed by atoms with Crippen molar-refractivity contribution in [2.75, 3.05) is 25.0 Å². The summed E-state index contributed by atoms with van der Waals surface area (Å²) in [5.74, 6) is 0.719. The van der Waals surface area contributed by atoms with E-state index in [2.05, 4.69) is 15.8 Å². The Morgan fingerprint density at radius 1 is 1.10 bits per heavy atom. The molecular formula is C23H28N4O2S. The largest absolute Gasteiger partial charge is 0.484 e. The van der Waals surface area contributed by atoms with Gasteiger partial charge < -0.3 is 15.0 Å². The highest BCUT2D eigenvalue weighted by molar-refractivity contribution is 7.80. The lowest BCUT2D eigenvalue weighted by Gasteiger charge is -2.26. The Morgan fingerprint density at radius 3 is 2.50 bits per heavy atom. The van der Waals surface area contributed by atoms with Gasteiger partial charge in [0.05, 0.1) is 5.71 Å². The van der Waals surface area contributed by atoms with Gasteiger partial charge in [-0.1, -0.05) is 18.2 Å². The van der Waals surface area contributed by atoms with Crippen LogP contribution in [0, 0.1) is 6.92 Å². The highest BCUT2D eigenvalue weighted by atomic mass is 32.1. The van der Waals surface area contributed by atoms with Crippen molar-refractivity contribution in [2.45, 2.75) is 33.1 Å². The Hall–Kier alpha value is -2.93. The molecule has 2 N–H and O–H groups in total. The van der Waals surface area contributed by atoms with Crippen molar-refractivity contribution in [3.05, 3.63) is 59.7 Å². The number of hydrazone groups is 1. The van der Waals surface area contributed by atoms with Crippen molar-refractivity contribution in [2.24, 2.45) is 5.10 Å². The number of benzene rings is 2. The quantitative estimate of drug-likeness (QED) is 0.415. The number of carbonyl (C=O) groups excluding carboxylic acids is 1. The number of hydrogen-bond donors (Lipinski definition) is 2. The standard InChI is InChI=1S/C23H28N4O2S/c1-17-8-4-5-9-21(17)24-23(30)26-25-18(2)19-10-12-20(13-11-19)29-16-22(28)27-14-6-3-7-15-27/h4-5,8-13H,3,6-7,14-16H2,1-2H3,(H2,24,26,30)/b25-18-. The highest BCUT2D eigenvalue weighted by Gasteiger charge is 2.16. The van der Waals surface area contributed by atoms with Gasteiger partial charge in [-0.2, -0.15) is 5.10 Å². The summed E-state index contributed by atoms with van der Waals surface area (Å²) >= 11 is 5.31. The van der Waals surface area contributed by atoms with E-state index in [1.54, 1.807) is 0 Å². The molecule has 1 fully saturated rings. The first-order valence-electron chi connectivity index (χ1n) is 10.2. The zero-order valence-corrected chi connectivity index (χ0v) is 18.3. The molecule has 2 aromatic rings. The molecule has 0 bridgehead atoms. The summed E-state index contributed by atoms with van der Waals surface area (Å²) in [5, 5.41) is 7.91. The van der Waals surface area contributed by atoms with Crippen molar-refractivity contribution in [3.8, 4) is 5.75 Å². The monoisotopic (exact) mass is 424 g/mol. The van der Waals surface area contributed by atoms with Crippen LogP contribution in [-0.4, -0.2) is 41.3 Å². The van der Waals surface area contributed by atoms with E-state index in [9.17, 15) is 4.79 Å². The number of likely N-dealkylation sites (tertiary alicyclic amines) is 1. The minimum Gasteiger partial charge on any atom is -0.484 e. The van der Waals surface area contributed by atoms with Crippen LogP contribution in [0.3, 0.4) is 0 Å². The maximum Gasteiger partial charge on any atom is 0.260 e. The van der Waals surface area contributed by atoms with Gasteiger partial charge in [-0.3, -0.25) is 10.2 Å². The summed E-state index contributed by atoms with van der Waals surface area (Å²) < 4.78 is 5.65. The minimum absolute atomic E-state index is 0.0513. The molecule has 158 valence electrons. The lowest BCUT2D eigenvalue weighted by atomic mass is 10.1. The molecule has 0 spiro atoms. The van der Waals surface area contributed by atoms with Crippen LogP contribution in [0.25, 0.3) is 0 Å². The zero-order valence-electron chi connectivity index (χ0n) is 17.5. The smallest absolute Gasteiger partial charge is 0.260 e. The molecule has 30 heavy (non-hydrogen) atoms. The Bertz CT molecular complexity index is 906. The number of ether oxygens (including phenoxy) is 1. The fourth-order valence-electron chi connectivity index (χ4n) is 3.23. The fraction of sp³-hybridized carbons (Fsp3) is 0.348. The van der Waals surface area contributed by atoms with Crippen molar-refractivity contribution in [1.29, 1.82) is 0 Å². The first kappa shape index (κ1) is 21.8. The van der Waals surface area contributed by atoms with Crippen molar-refractivity contribution in [1.82, 2.24) is 10.3 Å². The molecule has 0 atom stereocenters.